The first kappa shape index (κ1) is 18.6. The Hall–Kier alpha value is -1.36. The van der Waals surface area contributed by atoms with E-state index in [0.29, 0.717) is 43.7 Å². The highest BCUT2D eigenvalue weighted by molar-refractivity contribution is 5.75. The normalized spacial score (nSPS) is 9.65. The molecule has 1 rings (SSSR count). The molecule has 1 aromatic rings. The molecule has 1 aromatic carbocycles. The zero-order valence-corrected chi connectivity index (χ0v) is 14.0. The van der Waals surface area contributed by atoms with Crippen LogP contribution in [0, 0.1) is 6.92 Å². The van der Waals surface area contributed by atoms with E-state index in [9.17, 15) is 0 Å². The van der Waals surface area contributed by atoms with Crippen LogP contribution in [0.3, 0.4) is 0 Å². The van der Waals surface area contributed by atoms with Crippen molar-refractivity contribution in [1.29, 1.82) is 0 Å². The van der Waals surface area contributed by atoms with E-state index in [0.717, 1.165) is 11.3 Å². The predicted octanol–water partition coefficient (Wildman–Crippen LogP) is 3.21. The maximum absolute atomic E-state index is 5.71. The number of hydrogen-bond donors (Lipinski definition) is 0. The van der Waals surface area contributed by atoms with Gasteiger partial charge in [-0.25, -0.2) is 0 Å². The molecule has 5 heteroatoms. The second-order valence-electron chi connectivity index (χ2n) is 3.91. The number of rotatable bonds is 8. The maximum atomic E-state index is 5.71. The van der Waals surface area contributed by atoms with E-state index in [1.807, 2.05) is 40.7 Å². The smallest absolute Gasteiger partial charge is 0.207 e. The summed E-state index contributed by atoms with van der Waals surface area (Å²) in [5, 5.41) is 0. The Kier molecular flexibility index (Phi) is 8.88. The lowest BCUT2D eigenvalue weighted by molar-refractivity contribution is 0.243. The topological polar surface area (TPSA) is 36.9 Å². The Morgan fingerprint density at radius 2 is 1.15 bits per heavy atom. The first-order valence-corrected chi connectivity index (χ1v) is 6.88. The monoisotopic (exact) mass is 296 g/mol. The Bertz CT molecular complexity index is 407. The molecule has 0 aliphatic heterocycles. The summed E-state index contributed by atoms with van der Waals surface area (Å²) in [7, 11) is 0. The molecule has 0 aromatic heterocycles. The first-order valence-electron chi connectivity index (χ1n) is 6.88. The molecule has 0 saturated heterocycles. The van der Waals surface area contributed by atoms with Crippen LogP contribution in [0.1, 0.15) is 33.3 Å². The van der Waals surface area contributed by atoms with Gasteiger partial charge in [-0.05, 0) is 46.2 Å². The number of benzene rings is 1. The molecule has 0 aliphatic carbocycles. The summed E-state index contributed by atoms with van der Waals surface area (Å²) < 4.78 is 22.7. The van der Waals surface area contributed by atoms with Crippen molar-refractivity contribution in [2.45, 2.75) is 34.6 Å². The molecule has 0 unspecified atom stereocenters. The highest BCUT2D eigenvalue weighted by Gasteiger charge is 2.21. The molecular formula is C15H24O4Si. The van der Waals surface area contributed by atoms with Gasteiger partial charge in [0.05, 0.1) is 26.4 Å². The third kappa shape index (κ3) is 4.33. The van der Waals surface area contributed by atoms with Crippen LogP contribution in [-0.2, 0) is 0 Å². The van der Waals surface area contributed by atoms with Gasteiger partial charge in [-0.3, -0.25) is 0 Å². The summed E-state index contributed by atoms with van der Waals surface area (Å²) >= 11 is 0. The number of hydrogen-bond acceptors (Lipinski definition) is 4. The van der Waals surface area contributed by atoms with E-state index in [1.165, 1.54) is 0 Å². The van der Waals surface area contributed by atoms with Crippen LogP contribution in [0.25, 0.3) is 0 Å². The second kappa shape index (κ2) is 9.53. The van der Waals surface area contributed by atoms with Crippen molar-refractivity contribution in [2.75, 3.05) is 26.4 Å². The van der Waals surface area contributed by atoms with Gasteiger partial charge < -0.3 is 18.9 Å². The highest BCUT2D eigenvalue weighted by atomic mass is 28.1. The molecular weight excluding hydrogens is 272 g/mol. The molecule has 112 valence electrons. The minimum Gasteiger partial charge on any atom is -0.490 e. The zero-order valence-electron chi connectivity index (χ0n) is 13.0. The van der Waals surface area contributed by atoms with Crippen LogP contribution in [-0.4, -0.2) is 37.4 Å². The van der Waals surface area contributed by atoms with Crippen molar-refractivity contribution in [3.63, 3.8) is 0 Å². The lowest BCUT2D eigenvalue weighted by atomic mass is 10.1. The van der Waals surface area contributed by atoms with E-state index in [2.05, 4.69) is 0 Å². The third-order valence-electron chi connectivity index (χ3n) is 2.51. The van der Waals surface area contributed by atoms with Gasteiger partial charge in [-0.2, -0.15) is 0 Å². The molecule has 0 amide bonds. The number of aryl methyl sites for hydroxylation is 1. The summed E-state index contributed by atoms with van der Waals surface area (Å²) in [5.41, 5.74) is 0.984. The quantitative estimate of drug-likeness (QED) is 0.690. The third-order valence-corrected chi connectivity index (χ3v) is 2.51. The summed E-state index contributed by atoms with van der Waals surface area (Å²) in [6, 6.07) is 1.93. The fourth-order valence-electron chi connectivity index (χ4n) is 1.86. The molecule has 0 spiro atoms. The van der Waals surface area contributed by atoms with Gasteiger partial charge in [0.25, 0.3) is 0 Å². The minimum atomic E-state index is 0. The molecule has 0 N–H and O–H groups in total. The van der Waals surface area contributed by atoms with Gasteiger partial charge in [0.2, 0.25) is 11.5 Å². The average molecular weight is 296 g/mol. The maximum Gasteiger partial charge on any atom is 0.207 e. The molecule has 0 bridgehead atoms. The molecule has 20 heavy (non-hydrogen) atoms. The van der Waals surface area contributed by atoms with Crippen molar-refractivity contribution in [1.82, 2.24) is 0 Å². The lowest BCUT2D eigenvalue weighted by Crippen LogP contribution is -2.06. The summed E-state index contributed by atoms with van der Waals surface area (Å²) in [6.07, 6.45) is 0. The fourth-order valence-corrected chi connectivity index (χ4v) is 1.86. The largest absolute Gasteiger partial charge is 0.490 e. The van der Waals surface area contributed by atoms with Crippen LogP contribution >= 0.6 is 0 Å². The van der Waals surface area contributed by atoms with Gasteiger partial charge in [0, 0.05) is 11.0 Å². The van der Waals surface area contributed by atoms with Crippen LogP contribution in [0.4, 0.5) is 0 Å². The van der Waals surface area contributed by atoms with Gasteiger partial charge in [-0.1, -0.05) is 0 Å². The Morgan fingerprint density at radius 3 is 1.65 bits per heavy atom. The minimum absolute atomic E-state index is 0. The standard InChI is InChI=1S/C15H24O4.Si/c1-6-16-12-10-11(5)13(17-7-2)15(19-9-4)14(12)18-8-3;/h10H,6-9H2,1-5H3;. The fraction of sp³-hybridized carbons (Fsp3) is 0.600. The number of ether oxygens (including phenoxy) is 4. The van der Waals surface area contributed by atoms with Gasteiger partial charge in [0.15, 0.2) is 11.5 Å². The average Bonchev–Trinajstić information content (AvgIpc) is 2.38. The SMILES string of the molecule is CCOc1cc(C)c(OCC)c(OCC)c1OCC.[Si]. The summed E-state index contributed by atoms with van der Waals surface area (Å²) in [5.74, 6) is 2.69. The van der Waals surface area contributed by atoms with Crippen molar-refractivity contribution in [3.05, 3.63) is 11.6 Å². The van der Waals surface area contributed by atoms with Gasteiger partial charge in [0.1, 0.15) is 0 Å². The van der Waals surface area contributed by atoms with Crippen LogP contribution < -0.4 is 18.9 Å². The van der Waals surface area contributed by atoms with Crippen molar-refractivity contribution < 1.29 is 18.9 Å². The Labute approximate surface area is 126 Å². The van der Waals surface area contributed by atoms with Crippen LogP contribution in [0.15, 0.2) is 6.07 Å². The Morgan fingerprint density at radius 1 is 0.700 bits per heavy atom. The summed E-state index contributed by atoms with van der Waals surface area (Å²) in [6.45, 7) is 12.0. The summed E-state index contributed by atoms with van der Waals surface area (Å²) in [4.78, 5) is 0. The van der Waals surface area contributed by atoms with Gasteiger partial charge >= 0.3 is 0 Å². The van der Waals surface area contributed by atoms with Crippen molar-refractivity contribution >= 4 is 11.0 Å². The molecule has 0 atom stereocenters. The zero-order chi connectivity index (χ0) is 14.3. The molecule has 0 fully saturated rings. The van der Waals surface area contributed by atoms with E-state index in [4.69, 9.17) is 18.9 Å². The molecule has 0 heterocycles. The van der Waals surface area contributed by atoms with E-state index < -0.39 is 0 Å². The first-order chi connectivity index (χ1) is 9.19. The van der Waals surface area contributed by atoms with E-state index >= 15 is 0 Å². The molecule has 4 radical (unpaired) electrons. The van der Waals surface area contributed by atoms with E-state index in [-0.39, 0.29) is 11.0 Å². The van der Waals surface area contributed by atoms with Crippen molar-refractivity contribution in [3.8, 4) is 23.0 Å². The van der Waals surface area contributed by atoms with E-state index in [1.54, 1.807) is 0 Å². The van der Waals surface area contributed by atoms with Crippen LogP contribution in [0.5, 0.6) is 23.0 Å². The molecule has 0 saturated carbocycles. The highest BCUT2D eigenvalue weighted by Crippen LogP contribution is 2.47. The molecule has 0 aliphatic rings. The second-order valence-corrected chi connectivity index (χ2v) is 3.91. The Balaban J connectivity index is 0.00000361. The van der Waals surface area contributed by atoms with Gasteiger partial charge in [-0.15, -0.1) is 0 Å². The molecule has 4 nitrogen and oxygen atoms in total. The van der Waals surface area contributed by atoms with Crippen molar-refractivity contribution in [2.24, 2.45) is 0 Å². The lowest BCUT2D eigenvalue weighted by Gasteiger charge is -2.20. The van der Waals surface area contributed by atoms with Crippen LogP contribution in [0.2, 0.25) is 0 Å². The predicted molar refractivity (Wildman–Crippen MR) is 81.6 cm³/mol.